The molecule has 1 aromatic rings. The van der Waals surface area contributed by atoms with Crippen molar-refractivity contribution < 1.29 is 5.11 Å². The van der Waals surface area contributed by atoms with Gasteiger partial charge in [0.1, 0.15) is 0 Å². The lowest BCUT2D eigenvalue weighted by Gasteiger charge is -2.11. The average Bonchev–Trinajstić information content (AvgIpc) is 2.32. The number of hydrogen-bond donors (Lipinski definition) is 1. The summed E-state index contributed by atoms with van der Waals surface area (Å²) in [6.07, 6.45) is 0. The van der Waals surface area contributed by atoms with E-state index < -0.39 is 8.07 Å². The molecule has 0 fully saturated rings. The lowest BCUT2D eigenvalue weighted by atomic mass is 10.4. The van der Waals surface area contributed by atoms with Gasteiger partial charge in [0.15, 0.2) is 0 Å². The van der Waals surface area contributed by atoms with Crippen molar-refractivity contribution in [3.63, 3.8) is 0 Å². The molecule has 0 aromatic carbocycles. The van der Waals surface area contributed by atoms with Gasteiger partial charge in [0.25, 0.3) is 0 Å². The van der Waals surface area contributed by atoms with Crippen LogP contribution in [0.15, 0.2) is 11.4 Å². The summed E-state index contributed by atoms with van der Waals surface area (Å²) >= 11 is 1.78. The molecular weight excluding hydrogens is 172 g/mol. The van der Waals surface area contributed by atoms with Crippen LogP contribution in [0.1, 0.15) is 5.56 Å². The Morgan fingerprint density at radius 1 is 1.45 bits per heavy atom. The quantitative estimate of drug-likeness (QED) is 0.698. The molecule has 1 heterocycles. The number of rotatable bonds is 2. The molecule has 0 amide bonds. The van der Waals surface area contributed by atoms with E-state index >= 15 is 0 Å². The van der Waals surface area contributed by atoms with Crippen LogP contribution >= 0.6 is 11.3 Å². The standard InChI is InChI=1S/C8H14OSSi/c1-11(2,3)8-4-7(5-9)6-10-8/h4,6,9H,5H2,1-3H3. The van der Waals surface area contributed by atoms with Gasteiger partial charge in [0.05, 0.1) is 14.7 Å². The molecule has 0 aliphatic heterocycles. The molecule has 0 bridgehead atoms. The van der Waals surface area contributed by atoms with Crippen molar-refractivity contribution in [1.82, 2.24) is 0 Å². The molecule has 1 aromatic heterocycles. The third-order valence-corrected chi connectivity index (χ3v) is 6.18. The molecule has 3 heteroatoms. The molecule has 0 radical (unpaired) electrons. The summed E-state index contributed by atoms with van der Waals surface area (Å²) in [5.74, 6) is 0. The first-order valence-corrected chi connectivity index (χ1v) is 8.11. The number of aliphatic hydroxyl groups excluding tert-OH is 1. The van der Waals surface area contributed by atoms with Gasteiger partial charge in [-0.15, -0.1) is 0 Å². The summed E-state index contributed by atoms with van der Waals surface area (Å²) in [7, 11) is -1.12. The van der Waals surface area contributed by atoms with E-state index in [4.69, 9.17) is 5.11 Å². The van der Waals surface area contributed by atoms with E-state index in [1.165, 1.54) is 4.50 Å². The average molecular weight is 186 g/mol. The molecule has 1 nitrogen and oxygen atoms in total. The van der Waals surface area contributed by atoms with Crippen molar-refractivity contribution in [2.75, 3.05) is 0 Å². The van der Waals surface area contributed by atoms with Crippen LogP contribution < -0.4 is 4.50 Å². The summed E-state index contributed by atoms with van der Waals surface area (Å²) in [4.78, 5) is 0. The Morgan fingerprint density at radius 3 is 2.36 bits per heavy atom. The summed E-state index contributed by atoms with van der Waals surface area (Å²) in [6.45, 7) is 7.14. The Morgan fingerprint density at radius 2 is 2.09 bits per heavy atom. The Balaban J connectivity index is 2.89. The Labute approximate surface area is 72.7 Å². The van der Waals surface area contributed by atoms with Crippen molar-refractivity contribution in [1.29, 1.82) is 0 Å². The van der Waals surface area contributed by atoms with Crippen LogP contribution in [0.5, 0.6) is 0 Å². The Bertz CT molecular complexity index is 236. The largest absolute Gasteiger partial charge is 0.392 e. The molecule has 0 saturated carbocycles. The van der Waals surface area contributed by atoms with Gasteiger partial charge in [0.2, 0.25) is 0 Å². The molecule has 0 aliphatic carbocycles. The van der Waals surface area contributed by atoms with Crippen LogP contribution in [0.25, 0.3) is 0 Å². The van der Waals surface area contributed by atoms with E-state index in [2.05, 4.69) is 25.7 Å². The SMILES string of the molecule is C[Si](C)(C)c1cc(CO)cs1. The predicted molar refractivity (Wildman–Crippen MR) is 53.2 cm³/mol. The smallest absolute Gasteiger partial charge is 0.0904 e. The molecule has 0 unspecified atom stereocenters. The highest BCUT2D eigenvalue weighted by atomic mass is 32.1. The minimum absolute atomic E-state index is 0.182. The van der Waals surface area contributed by atoms with Gasteiger partial charge in [-0.3, -0.25) is 0 Å². The van der Waals surface area contributed by atoms with Crippen molar-refractivity contribution in [2.45, 2.75) is 26.2 Å². The zero-order chi connectivity index (χ0) is 8.48. The lowest BCUT2D eigenvalue weighted by Crippen LogP contribution is -2.34. The van der Waals surface area contributed by atoms with Crippen LogP contribution in [0.2, 0.25) is 19.6 Å². The fraction of sp³-hybridized carbons (Fsp3) is 0.500. The third kappa shape index (κ3) is 2.15. The molecule has 62 valence electrons. The topological polar surface area (TPSA) is 20.2 Å². The minimum Gasteiger partial charge on any atom is -0.392 e. The highest BCUT2D eigenvalue weighted by Gasteiger charge is 2.17. The van der Waals surface area contributed by atoms with Crippen LogP contribution in [0.4, 0.5) is 0 Å². The predicted octanol–water partition coefficient (Wildman–Crippen LogP) is 1.79. The van der Waals surface area contributed by atoms with Crippen molar-refractivity contribution >= 4 is 23.9 Å². The van der Waals surface area contributed by atoms with Gasteiger partial charge >= 0.3 is 0 Å². The van der Waals surface area contributed by atoms with Gasteiger partial charge in [-0.05, 0) is 21.5 Å². The van der Waals surface area contributed by atoms with E-state index in [0.29, 0.717) is 0 Å². The van der Waals surface area contributed by atoms with Crippen molar-refractivity contribution in [3.8, 4) is 0 Å². The van der Waals surface area contributed by atoms with Gasteiger partial charge < -0.3 is 5.11 Å². The van der Waals surface area contributed by atoms with E-state index in [0.717, 1.165) is 5.56 Å². The highest BCUT2D eigenvalue weighted by Crippen LogP contribution is 2.11. The fourth-order valence-corrected chi connectivity index (χ4v) is 3.70. The highest BCUT2D eigenvalue weighted by molar-refractivity contribution is 7.25. The van der Waals surface area contributed by atoms with Crippen molar-refractivity contribution in [2.24, 2.45) is 0 Å². The van der Waals surface area contributed by atoms with E-state index in [9.17, 15) is 0 Å². The summed E-state index contributed by atoms with van der Waals surface area (Å²) in [6, 6.07) is 2.14. The van der Waals surface area contributed by atoms with Gasteiger partial charge in [0, 0.05) is 0 Å². The van der Waals surface area contributed by atoms with Crippen molar-refractivity contribution in [3.05, 3.63) is 17.0 Å². The van der Waals surface area contributed by atoms with Gasteiger partial charge in [-0.25, -0.2) is 0 Å². The van der Waals surface area contributed by atoms with Crippen LogP contribution in [0, 0.1) is 0 Å². The normalized spacial score (nSPS) is 12.0. The Hall–Kier alpha value is -0.123. The van der Waals surface area contributed by atoms with E-state index in [1.807, 2.05) is 5.38 Å². The maximum atomic E-state index is 8.84. The second kappa shape index (κ2) is 3.09. The van der Waals surface area contributed by atoms with E-state index in [1.54, 1.807) is 11.3 Å². The summed E-state index contributed by atoms with van der Waals surface area (Å²) in [5, 5.41) is 10.9. The molecule has 0 spiro atoms. The summed E-state index contributed by atoms with van der Waals surface area (Å²) < 4.78 is 1.47. The molecule has 0 aliphatic rings. The number of thiophene rings is 1. The third-order valence-electron chi connectivity index (χ3n) is 1.58. The minimum atomic E-state index is -1.12. The molecule has 11 heavy (non-hydrogen) atoms. The van der Waals surface area contributed by atoms with Crippen LogP contribution in [0.3, 0.4) is 0 Å². The summed E-state index contributed by atoms with van der Waals surface area (Å²) in [5.41, 5.74) is 1.06. The molecule has 0 saturated heterocycles. The zero-order valence-electron chi connectivity index (χ0n) is 7.22. The van der Waals surface area contributed by atoms with Gasteiger partial charge in [-0.1, -0.05) is 19.6 Å². The second-order valence-corrected chi connectivity index (χ2v) is 10.0. The lowest BCUT2D eigenvalue weighted by molar-refractivity contribution is 0.282. The molecule has 1 rings (SSSR count). The molecule has 1 N–H and O–H groups in total. The van der Waals surface area contributed by atoms with Gasteiger partial charge in [-0.2, -0.15) is 11.3 Å². The first-order chi connectivity index (χ1) is 5.04. The molecule has 0 atom stereocenters. The maximum absolute atomic E-state index is 8.84. The van der Waals surface area contributed by atoms with Crippen LogP contribution in [-0.4, -0.2) is 13.2 Å². The number of hydrogen-bond acceptors (Lipinski definition) is 2. The first-order valence-electron chi connectivity index (χ1n) is 3.73. The molecular formula is C8H14OSSi. The Kier molecular flexibility index (Phi) is 2.52. The first kappa shape index (κ1) is 8.97. The fourth-order valence-electron chi connectivity index (χ4n) is 0.852. The van der Waals surface area contributed by atoms with E-state index in [-0.39, 0.29) is 6.61 Å². The monoisotopic (exact) mass is 186 g/mol. The zero-order valence-corrected chi connectivity index (χ0v) is 9.03. The maximum Gasteiger partial charge on any atom is 0.0904 e. The second-order valence-electron chi connectivity index (χ2n) is 3.73. The number of aliphatic hydroxyl groups is 1. The van der Waals surface area contributed by atoms with Crippen LogP contribution in [-0.2, 0) is 6.61 Å².